The van der Waals surface area contributed by atoms with Gasteiger partial charge in [0.1, 0.15) is 0 Å². The summed E-state index contributed by atoms with van der Waals surface area (Å²) in [5.41, 5.74) is 4.92. The summed E-state index contributed by atoms with van der Waals surface area (Å²) in [5.74, 6) is -0.224. The smallest absolute Gasteiger partial charge is 0.277 e. The molecular formula is C18H16N4OS. The Balaban J connectivity index is 1.55. The first-order valence-corrected chi connectivity index (χ1v) is 8.54. The number of fused-ring (bicyclic) bond motifs is 1. The molecule has 120 valence electrons. The van der Waals surface area contributed by atoms with Crippen molar-refractivity contribution < 1.29 is 4.79 Å². The fraction of sp³-hybridized carbons (Fsp3) is 0.167. The van der Waals surface area contributed by atoms with Crippen LogP contribution in [0, 0.1) is 0 Å². The molecule has 0 unspecified atom stereocenters. The summed E-state index contributed by atoms with van der Waals surface area (Å²) in [7, 11) is 0. The highest BCUT2D eigenvalue weighted by Crippen LogP contribution is 2.30. The normalized spacial score (nSPS) is 12.9. The summed E-state index contributed by atoms with van der Waals surface area (Å²) in [6.45, 7) is 1.76. The first-order valence-electron chi connectivity index (χ1n) is 7.81. The lowest BCUT2D eigenvalue weighted by Gasteiger charge is -2.21. The monoisotopic (exact) mass is 336 g/mol. The second-order valence-corrected chi connectivity index (χ2v) is 6.26. The fourth-order valence-corrected chi connectivity index (χ4v) is 3.42. The molecule has 2 heterocycles. The molecule has 1 N–H and O–H groups in total. The van der Waals surface area contributed by atoms with Crippen molar-refractivity contribution in [2.45, 2.75) is 13.0 Å². The maximum absolute atomic E-state index is 12.2. The number of carbonyl (C=O) groups is 1. The first-order chi connectivity index (χ1) is 11.8. The van der Waals surface area contributed by atoms with E-state index < -0.39 is 0 Å². The van der Waals surface area contributed by atoms with Crippen molar-refractivity contribution in [3.05, 3.63) is 71.5 Å². The zero-order valence-electron chi connectivity index (χ0n) is 13.0. The molecule has 4 rings (SSSR count). The van der Waals surface area contributed by atoms with E-state index in [0.29, 0.717) is 5.69 Å². The van der Waals surface area contributed by atoms with Gasteiger partial charge in [0, 0.05) is 24.5 Å². The number of anilines is 2. The molecule has 0 fully saturated rings. The summed E-state index contributed by atoms with van der Waals surface area (Å²) in [6.07, 6.45) is 2.55. The van der Waals surface area contributed by atoms with Crippen molar-refractivity contribution in [1.82, 2.24) is 8.75 Å². The van der Waals surface area contributed by atoms with E-state index in [1.54, 1.807) is 0 Å². The standard InChI is InChI=1S/C18H16N4OS/c23-18(16-11-19-24-21-16)20-15-7-3-1-6-14(15)12-22-10-9-13-5-2-4-8-17(13)22/h1-8,11H,9-10,12H2,(H,20,23). The van der Waals surface area contributed by atoms with Crippen LogP contribution in [-0.2, 0) is 13.0 Å². The van der Waals surface area contributed by atoms with Gasteiger partial charge in [0.25, 0.3) is 5.91 Å². The molecule has 1 amide bonds. The molecule has 0 spiro atoms. The van der Waals surface area contributed by atoms with Gasteiger partial charge in [0.2, 0.25) is 0 Å². The number of hydrogen-bond donors (Lipinski definition) is 1. The Morgan fingerprint density at radius 3 is 2.88 bits per heavy atom. The van der Waals surface area contributed by atoms with Crippen LogP contribution in [0.1, 0.15) is 21.6 Å². The topological polar surface area (TPSA) is 58.1 Å². The molecule has 0 atom stereocenters. The number of aromatic nitrogens is 2. The minimum atomic E-state index is -0.224. The number of carbonyl (C=O) groups excluding carboxylic acids is 1. The second kappa shape index (κ2) is 6.41. The Morgan fingerprint density at radius 1 is 1.17 bits per heavy atom. The Labute approximate surface area is 144 Å². The Bertz CT molecular complexity index is 863. The Kier molecular flexibility index (Phi) is 3.96. The van der Waals surface area contributed by atoms with Gasteiger partial charge in [0.05, 0.1) is 17.9 Å². The first kappa shape index (κ1) is 14.8. The third-order valence-electron chi connectivity index (χ3n) is 4.20. The second-order valence-electron chi connectivity index (χ2n) is 5.70. The lowest BCUT2D eigenvalue weighted by Crippen LogP contribution is -2.21. The van der Waals surface area contributed by atoms with Crippen LogP contribution in [0.15, 0.2) is 54.7 Å². The maximum atomic E-state index is 12.2. The van der Waals surface area contributed by atoms with Crippen LogP contribution in [0.25, 0.3) is 0 Å². The highest BCUT2D eigenvalue weighted by Gasteiger charge is 2.20. The van der Waals surface area contributed by atoms with Crippen molar-refractivity contribution in [1.29, 1.82) is 0 Å². The molecule has 0 saturated heterocycles. The molecular weight excluding hydrogens is 320 g/mol. The van der Waals surface area contributed by atoms with E-state index in [-0.39, 0.29) is 5.91 Å². The van der Waals surface area contributed by atoms with E-state index in [1.165, 1.54) is 17.4 Å². The molecule has 1 aliphatic rings. The number of nitrogens with zero attached hydrogens (tertiary/aromatic N) is 3. The van der Waals surface area contributed by atoms with Gasteiger partial charge in [-0.1, -0.05) is 36.4 Å². The highest BCUT2D eigenvalue weighted by atomic mass is 32.1. The van der Waals surface area contributed by atoms with E-state index >= 15 is 0 Å². The van der Waals surface area contributed by atoms with Crippen LogP contribution < -0.4 is 10.2 Å². The van der Waals surface area contributed by atoms with Crippen LogP contribution in [0.2, 0.25) is 0 Å². The molecule has 1 aliphatic heterocycles. The van der Waals surface area contributed by atoms with Gasteiger partial charge >= 0.3 is 0 Å². The number of nitrogens with one attached hydrogen (secondary N) is 1. The number of para-hydroxylation sites is 2. The molecule has 5 nitrogen and oxygen atoms in total. The molecule has 2 aromatic carbocycles. The van der Waals surface area contributed by atoms with Gasteiger partial charge in [0.15, 0.2) is 5.69 Å². The van der Waals surface area contributed by atoms with Gasteiger partial charge in [-0.3, -0.25) is 4.79 Å². The van der Waals surface area contributed by atoms with E-state index in [2.05, 4.69) is 49.3 Å². The molecule has 0 bridgehead atoms. The summed E-state index contributed by atoms with van der Waals surface area (Å²) in [6, 6.07) is 16.4. The summed E-state index contributed by atoms with van der Waals surface area (Å²) in [5, 5.41) is 2.95. The van der Waals surface area contributed by atoms with Crippen molar-refractivity contribution in [3.8, 4) is 0 Å². The predicted octanol–water partition coefficient (Wildman–Crippen LogP) is 3.35. The third kappa shape index (κ3) is 2.88. The molecule has 3 aromatic rings. The van der Waals surface area contributed by atoms with Gasteiger partial charge < -0.3 is 10.2 Å². The van der Waals surface area contributed by atoms with Crippen molar-refractivity contribution in [2.24, 2.45) is 0 Å². The molecule has 0 saturated carbocycles. The van der Waals surface area contributed by atoms with Crippen LogP contribution >= 0.6 is 11.7 Å². The van der Waals surface area contributed by atoms with Crippen molar-refractivity contribution in [3.63, 3.8) is 0 Å². The van der Waals surface area contributed by atoms with E-state index in [9.17, 15) is 4.79 Å². The fourth-order valence-electron chi connectivity index (χ4n) is 3.01. The van der Waals surface area contributed by atoms with Crippen LogP contribution in [0.4, 0.5) is 11.4 Å². The van der Waals surface area contributed by atoms with Gasteiger partial charge in [-0.05, 0) is 29.7 Å². The summed E-state index contributed by atoms with van der Waals surface area (Å²) < 4.78 is 7.86. The zero-order chi connectivity index (χ0) is 16.4. The number of hydrogen-bond acceptors (Lipinski definition) is 5. The van der Waals surface area contributed by atoms with Crippen LogP contribution in [-0.4, -0.2) is 21.2 Å². The van der Waals surface area contributed by atoms with E-state index in [1.807, 2.05) is 18.2 Å². The summed E-state index contributed by atoms with van der Waals surface area (Å²) in [4.78, 5) is 14.6. The minimum Gasteiger partial charge on any atom is -0.367 e. The molecule has 0 aliphatic carbocycles. The number of amides is 1. The Morgan fingerprint density at radius 2 is 2.00 bits per heavy atom. The maximum Gasteiger partial charge on any atom is 0.277 e. The van der Waals surface area contributed by atoms with E-state index in [0.717, 1.165) is 42.5 Å². The van der Waals surface area contributed by atoms with Gasteiger partial charge in [-0.2, -0.15) is 8.75 Å². The van der Waals surface area contributed by atoms with Crippen molar-refractivity contribution >= 4 is 29.0 Å². The van der Waals surface area contributed by atoms with Crippen molar-refractivity contribution in [2.75, 3.05) is 16.8 Å². The lowest BCUT2D eigenvalue weighted by molar-refractivity contribution is 0.102. The molecule has 1 aromatic heterocycles. The zero-order valence-corrected chi connectivity index (χ0v) is 13.8. The largest absolute Gasteiger partial charge is 0.367 e. The number of benzene rings is 2. The van der Waals surface area contributed by atoms with Crippen LogP contribution in [0.5, 0.6) is 0 Å². The number of rotatable bonds is 4. The molecule has 0 radical (unpaired) electrons. The minimum absolute atomic E-state index is 0.224. The lowest BCUT2D eigenvalue weighted by atomic mass is 10.1. The van der Waals surface area contributed by atoms with Gasteiger partial charge in [-0.15, -0.1) is 0 Å². The predicted molar refractivity (Wildman–Crippen MR) is 95.5 cm³/mol. The van der Waals surface area contributed by atoms with E-state index in [4.69, 9.17) is 0 Å². The SMILES string of the molecule is O=C(Nc1ccccc1CN1CCc2ccccc21)c1cnsn1. The quantitative estimate of drug-likeness (QED) is 0.794. The average Bonchev–Trinajstić information content (AvgIpc) is 3.27. The van der Waals surface area contributed by atoms with Crippen LogP contribution in [0.3, 0.4) is 0 Å². The molecule has 24 heavy (non-hydrogen) atoms. The Hall–Kier alpha value is -2.73. The average molecular weight is 336 g/mol. The third-order valence-corrected chi connectivity index (χ3v) is 4.68. The highest BCUT2D eigenvalue weighted by molar-refractivity contribution is 6.99. The molecule has 6 heteroatoms. The van der Waals surface area contributed by atoms with Gasteiger partial charge in [-0.25, -0.2) is 0 Å². The summed E-state index contributed by atoms with van der Waals surface area (Å²) >= 11 is 1.03.